The van der Waals surface area contributed by atoms with Crippen molar-refractivity contribution in [2.24, 2.45) is 17.3 Å². The van der Waals surface area contributed by atoms with E-state index in [1.165, 1.54) is 12.0 Å². The summed E-state index contributed by atoms with van der Waals surface area (Å²) in [6.45, 7) is 10.8. The van der Waals surface area contributed by atoms with Crippen LogP contribution in [-0.2, 0) is 4.79 Å². The Morgan fingerprint density at radius 1 is 1.69 bits per heavy atom. The molecule has 1 heteroatoms. The highest BCUT2D eigenvalue weighted by Gasteiger charge is 2.39. The Kier molecular flexibility index (Phi) is 2.94. The number of allylic oxidation sites excluding steroid dienone is 1. The molecule has 0 saturated heterocycles. The van der Waals surface area contributed by atoms with Crippen LogP contribution in [0, 0.1) is 17.3 Å². The third-order valence-corrected chi connectivity index (χ3v) is 3.57. The maximum atomic E-state index is 10.5. The second-order valence-electron chi connectivity index (χ2n) is 4.85. The van der Waals surface area contributed by atoms with E-state index in [9.17, 15) is 4.79 Å². The molecule has 1 aliphatic carbocycles. The average molecular weight is 180 g/mol. The first-order valence-electron chi connectivity index (χ1n) is 5.14. The van der Waals surface area contributed by atoms with Gasteiger partial charge >= 0.3 is 0 Å². The van der Waals surface area contributed by atoms with Gasteiger partial charge in [-0.15, -0.1) is 0 Å². The molecule has 13 heavy (non-hydrogen) atoms. The molecule has 0 spiro atoms. The van der Waals surface area contributed by atoms with E-state index < -0.39 is 0 Å². The van der Waals surface area contributed by atoms with Crippen molar-refractivity contribution in [1.82, 2.24) is 0 Å². The van der Waals surface area contributed by atoms with Gasteiger partial charge in [0.2, 0.25) is 0 Å². The fourth-order valence-corrected chi connectivity index (χ4v) is 2.41. The molecule has 0 aromatic carbocycles. The first kappa shape index (κ1) is 10.5. The molecule has 0 unspecified atom stereocenters. The molecule has 1 nitrogen and oxygen atoms in total. The lowest BCUT2D eigenvalue weighted by Gasteiger charge is -2.26. The predicted octanol–water partition coefficient (Wildman–Crippen LogP) is 3.20. The van der Waals surface area contributed by atoms with Crippen LogP contribution in [0.2, 0.25) is 0 Å². The highest BCUT2D eigenvalue weighted by Crippen LogP contribution is 2.49. The summed E-state index contributed by atoms with van der Waals surface area (Å²) >= 11 is 0. The van der Waals surface area contributed by atoms with Crippen LogP contribution in [0.25, 0.3) is 0 Å². The largest absolute Gasteiger partial charge is 0.303 e. The van der Waals surface area contributed by atoms with E-state index >= 15 is 0 Å². The summed E-state index contributed by atoms with van der Waals surface area (Å²) in [7, 11) is 0. The van der Waals surface area contributed by atoms with Crippen LogP contribution in [0.15, 0.2) is 12.2 Å². The lowest BCUT2D eigenvalue weighted by Crippen LogP contribution is -2.17. The maximum absolute atomic E-state index is 10.5. The van der Waals surface area contributed by atoms with E-state index in [2.05, 4.69) is 27.4 Å². The first-order chi connectivity index (χ1) is 6.01. The van der Waals surface area contributed by atoms with Crippen molar-refractivity contribution in [3.05, 3.63) is 12.2 Å². The standard InChI is InChI=1S/C12H20O/c1-9(2)11-5-6-12(4,7-8-13)10(11)3/h8-9,11H,3,5-7H2,1-2,4H3/t11-,12-/m0/s1. The third-order valence-electron chi connectivity index (χ3n) is 3.57. The van der Waals surface area contributed by atoms with Gasteiger partial charge in [0.25, 0.3) is 0 Å². The fourth-order valence-electron chi connectivity index (χ4n) is 2.41. The molecule has 2 atom stereocenters. The number of hydrogen-bond acceptors (Lipinski definition) is 1. The van der Waals surface area contributed by atoms with Gasteiger partial charge in [0.15, 0.2) is 0 Å². The van der Waals surface area contributed by atoms with Crippen molar-refractivity contribution < 1.29 is 4.79 Å². The van der Waals surface area contributed by atoms with Gasteiger partial charge in [0.1, 0.15) is 6.29 Å². The molecule has 0 amide bonds. The minimum Gasteiger partial charge on any atom is -0.303 e. The van der Waals surface area contributed by atoms with Gasteiger partial charge in [-0.2, -0.15) is 0 Å². The molecule has 1 fully saturated rings. The molecule has 0 N–H and O–H groups in total. The first-order valence-corrected chi connectivity index (χ1v) is 5.14. The number of aldehydes is 1. The van der Waals surface area contributed by atoms with Crippen LogP contribution in [0.3, 0.4) is 0 Å². The molecule has 1 aliphatic rings. The van der Waals surface area contributed by atoms with Crippen LogP contribution in [0.5, 0.6) is 0 Å². The van der Waals surface area contributed by atoms with Crippen molar-refractivity contribution in [1.29, 1.82) is 0 Å². The van der Waals surface area contributed by atoms with E-state index in [1.807, 2.05) is 0 Å². The fraction of sp³-hybridized carbons (Fsp3) is 0.750. The number of carbonyl (C=O) groups excluding carboxylic acids is 1. The van der Waals surface area contributed by atoms with Gasteiger partial charge in [0, 0.05) is 6.42 Å². The topological polar surface area (TPSA) is 17.1 Å². The number of rotatable bonds is 3. The third kappa shape index (κ3) is 1.84. The lowest BCUT2D eigenvalue weighted by atomic mass is 9.79. The number of hydrogen-bond donors (Lipinski definition) is 0. The Morgan fingerprint density at radius 3 is 2.69 bits per heavy atom. The van der Waals surface area contributed by atoms with Gasteiger partial charge < -0.3 is 4.79 Å². The van der Waals surface area contributed by atoms with Crippen molar-refractivity contribution >= 4 is 6.29 Å². The molecule has 0 aromatic heterocycles. The monoisotopic (exact) mass is 180 g/mol. The van der Waals surface area contributed by atoms with E-state index in [0.717, 1.165) is 12.7 Å². The summed E-state index contributed by atoms with van der Waals surface area (Å²) in [4.78, 5) is 10.5. The van der Waals surface area contributed by atoms with Crippen LogP contribution in [0.1, 0.15) is 40.0 Å². The summed E-state index contributed by atoms with van der Waals surface area (Å²) in [6.07, 6.45) is 4.03. The molecule has 0 heterocycles. The van der Waals surface area contributed by atoms with Gasteiger partial charge in [-0.25, -0.2) is 0 Å². The van der Waals surface area contributed by atoms with Crippen molar-refractivity contribution in [3.8, 4) is 0 Å². The molecule has 0 aromatic rings. The normalized spacial score (nSPS) is 34.2. The molecule has 0 radical (unpaired) electrons. The van der Waals surface area contributed by atoms with Crippen molar-refractivity contribution in [3.63, 3.8) is 0 Å². The van der Waals surface area contributed by atoms with Crippen molar-refractivity contribution in [2.45, 2.75) is 40.0 Å². The summed E-state index contributed by atoms with van der Waals surface area (Å²) in [5, 5.41) is 0. The Labute approximate surface area is 81.2 Å². The second-order valence-corrected chi connectivity index (χ2v) is 4.85. The molecule has 1 rings (SSSR count). The average Bonchev–Trinajstić information content (AvgIpc) is 2.30. The molecular weight excluding hydrogens is 160 g/mol. The van der Waals surface area contributed by atoms with Crippen LogP contribution >= 0.6 is 0 Å². The van der Waals surface area contributed by atoms with Crippen molar-refractivity contribution in [2.75, 3.05) is 0 Å². The van der Waals surface area contributed by atoms with Crippen LogP contribution in [0.4, 0.5) is 0 Å². The minimum absolute atomic E-state index is 0.0939. The molecule has 0 aliphatic heterocycles. The van der Waals surface area contributed by atoms with E-state index in [0.29, 0.717) is 18.3 Å². The molecule has 74 valence electrons. The van der Waals surface area contributed by atoms with E-state index in [-0.39, 0.29) is 5.41 Å². The van der Waals surface area contributed by atoms with E-state index in [1.54, 1.807) is 0 Å². The summed E-state index contributed by atoms with van der Waals surface area (Å²) in [5.74, 6) is 1.30. The highest BCUT2D eigenvalue weighted by molar-refractivity contribution is 5.52. The smallest absolute Gasteiger partial charge is 0.120 e. The number of carbonyl (C=O) groups is 1. The minimum atomic E-state index is 0.0939. The predicted molar refractivity (Wildman–Crippen MR) is 55.5 cm³/mol. The van der Waals surface area contributed by atoms with Gasteiger partial charge in [0.05, 0.1) is 0 Å². The summed E-state index contributed by atoms with van der Waals surface area (Å²) in [6, 6.07) is 0. The Morgan fingerprint density at radius 2 is 2.31 bits per heavy atom. The molecular formula is C12H20O. The van der Waals surface area contributed by atoms with Gasteiger partial charge in [-0.1, -0.05) is 32.9 Å². The van der Waals surface area contributed by atoms with E-state index in [4.69, 9.17) is 0 Å². The van der Waals surface area contributed by atoms with Crippen LogP contribution in [-0.4, -0.2) is 6.29 Å². The SMILES string of the molecule is C=C1[C@H](C(C)C)CC[C@@]1(C)CC=O. The Hall–Kier alpha value is -0.590. The highest BCUT2D eigenvalue weighted by atomic mass is 16.1. The zero-order chi connectivity index (χ0) is 10.1. The van der Waals surface area contributed by atoms with Crippen LogP contribution < -0.4 is 0 Å². The summed E-state index contributed by atoms with van der Waals surface area (Å²) in [5.41, 5.74) is 1.39. The maximum Gasteiger partial charge on any atom is 0.120 e. The summed E-state index contributed by atoms with van der Waals surface area (Å²) < 4.78 is 0. The zero-order valence-corrected chi connectivity index (χ0v) is 8.97. The van der Waals surface area contributed by atoms with Gasteiger partial charge in [-0.3, -0.25) is 0 Å². The zero-order valence-electron chi connectivity index (χ0n) is 8.97. The quantitative estimate of drug-likeness (QED) is 0.481. The Balaban J connectivity index is 2.74. The molecule has 1 saturated carbocycles. The second kappa shape index (κ2) is 3.65. The van der Waals surface area contributed by atoms with Gasteiger partial charge in [-0.05, 0) is 30.1 Å². The molecule has 0 bridgehead atoms. The lowest BCUT2D eigenvalue weighted by molar-refractivity contribution is -0.109. The Bertz CT molecular complexity index is 217.